The summed E-state index contributed by atoms with van der Waals surface area (Å²) in [5.41, 5.74) is 5.38. The molecule has 0 fully saturated rings. The first-order chi connectivity index (χ1) is 17.2. The topological polar surface area (TPSA) is 76.4 Å². The van der Waals surface area contributed by atoms with E-state index in [4.69, 9.17) is 4.74 Å². The third-order valence-electron chi connectivity index (χ3n) is 6.38. The van der Waals surface area contributed by atoms with Gasteiger partial charge in [0.1, 0.15) is 5.75 Å². The van der Waals surface area contributed by atoms with Crippen LogP contribution in [-0.4, -0.2) is 46.5 Å². The average Bonchev–Trinajstić information content (AvgIpc) is 3.40. The molecule has 6 nitrogen and oxygen atoms in total. The number of rotatable bonds is 8. The highest BCUT2D eigenvalue weighted by molar-refractivity contribution is 5.81. The Hall–Kier alpha value is -3.59. The van der Waals surface area contributed by atoms with Crippen LogP contribution in [0.15, 0.2) is 60.6 Å². The molecule has 190 valence electrons. The summed E-state index contributed by atoms with van der Waals surface area (Å²) in [7, 11) is 1.56. The lowest BCUT2D eigenvalue weighted by molar-refractivity contribution is -0.173. The summed E-state index contributed by atoms with van der Waals surface area (Å²) in [5, 5.41) is 12.7. The van der Waals surface area contributed by atoms with Gasteiger partial charge in [-0.25, -0.2) is 4.98 Å². The minimum atomic E-state index is -4.93. The molecular weight excluding hydrogens is 471 g/mol. The Balaban J connectivity index is 1.61. The van der Waals surface area contributed by atoms with E-state index in [2.05, 4.69) is 4.98 Å². The highest BCUT2D eigenvalue weighted by atomic mass is 19.4. The number of nitrogens with one attached hydrogen (secondary N) is 1. The molecule has 36 heavy (non-hydrogen) atoms. The molecule has 0 spiro atoms. The van der Waals surface area contributed by atoms with Crippen molar-refractivity contribution in [3.8, 4) is 11.4 Å². The summed E-state index contributed by atoms with van der Waals surface area (Å²) in [6, 6.07) is 13.4. The number of aryl methyl sites for hydroxylation is 1. The Labute approximate surface area is 207 Å². The van der Waals surface area contributed by atoms with Gasteiger partial charge in [-0.2, -0.15) is 13.2 Å². The lowest BCUT2D eigenvalue weighted by Crippen LogP contribution is -2.37. The van der Waals surface area contributed by atoms with Gasteiger partial charge in [-0.1, -0.05) is 42.0 Å². The van der Waals surface area contributed by atoms with E-state index in [9.17, 15) is 23.1 Å². The van der Waals surface area contributed by atoms with Crippen molar-refractivity contribution in [2.75, 3.05) is 13.7 Å². The number of nitrogens with zero attached hydrogens (tertiary/aromatic N) is 2. The van der Waals surface area contributed by atoms with E-state index in [0.29, 0.717) is 18.6 Å². The van der Waals surface area contributed by atoms with Crippen LogP contribution in [0.4, 0.5) is 13.2 Å². The minimum absolute atomic E-state index is 0.168. The molecule has 0 saturated carbocycles. The number of methoxy groups -OCH3 is 1. The monoisotopic (exact) mass is 499 g/mol. The predicted octanol–water partition coefficient (Wildman–Crippen LogP) is 4.73. The maximum Gasteiger partial charge on any atom is 0.471 e. The van der Waals surface area contributed by atoms with Crippen molar-refractivity contribution in [1.29, 1.82) is 0 Å². The summed E-state index contributed by atoms with van der Waals surface area (Å²) >= 11 is 0. The van der Waals surface area contributed by atoms with Crippen LogP contribution in [-0.2, 0) is 11.2 Å². The largest absolute Gasteiger partial charge is 0.495 e. The van der Waals surface area contributed by atoms with Gasteiger partial charge in [-0.15, -0.1) is 0 Å². The zero-order valence-electron chi connectivity index (χ0n) is 20.0. The van der Waals surface area contributed by atoms with Crippen molar-refractivity contribution in [2.45, 2.75) is 44.4 Å². The Morgan fingerprint density at radius 3 is 2.75 bits per heavy atom. The van der Waals surface area contributed by atoms with Gasteiger partial charge in [0.05, 0.1) is 30.9 Å². The van der Waals surface area contributed by atoms with E-state index in [1.807, 2.05) is 71.5 Å². The number of alkyl halides is 3. The predicted molar refractivity (Wildman–Crippen MR) is 130 cm³/mol. The van der Waals surface area contributed by atoms with Crippen LogP contribution in [0.5, 0.6) is 5.75 Å². The van der Waals surface area contributed by atoms with Crippen LogP contribution >= 0.6 is 0 Å². The highest BCUT2D eigenvalue weighted by Crippen LogP contribution is 2.38. The van der Waals surface area contributed by atoms with E-state index >= 15 is 0 Å². The van der Waals surface area contributed by atoms with E-state index in [1.54, 1.807) is 13.4 Å². The number of aromatic nitrogens is 2. The van der Waals surface area contributed by atoms with Crippen LogP contribution in [0.1, 0.15) is 41.1 Å². The fourth-order valence-electron chi connectivity index (χ4n) is 4.64. The SMILES string of the molecule is COc1cc(/C=C(/CCNC(=O)C(F)(F)F)C[C@@H]2c3ccccc3C[C@@H]2O)ccc1-n1cnc(C)c1. The third-order valence-corrected chi connectivity index (χ3v) is 6.38. The lowest BCUT2D eigenvalue weighted by atomic mass is 9.89. The van der Waals surface area contributed by atoms with Crippen LogP contribution in [0, 0.1) is 6.92 Å². The van der Waals surface area contributed by atoms with Gasteiger partial charge >= 0.3 is 12.1 Å². The summed E-state index contributed by atoms with van der Waals surface area (Å²) in [5.74, 6) is -1.53. The smallest absolute Gasteiger partial charge is 0.471 e. The van der Waals surface area contributed by atoms with Crippen molar-refractivity contribution in [1.82, 2.24) is 14.9 Å². The second-order valence-electron chi connectivity index (χ2n) is 8.94. The van der Waals surface area contributed by atoms with Crippen molar-refractivity contribution >= 4 is 12.0 Å². The molecule has 4 rings (SSSR count). The molecule has 9 heteroatoms. The Bertz CT molecular complexity index is 1270. The van der Waals surface area contributed by atoms with Crippen LogP contribution in [0.2, 0.25) is 0 Å². The Kier molecular flexibility index (Phi) is 7.49. The number of fused-ring (bicyclic) bond motifs is 1. The van der Waals surface area contributed by atoms with Crippen molar-refractivity contribution in [2.24, 2.45) is 0 Å². The number of imidazole rings is 1. The summed E-state index contributed by atoms with van der Waals surface area (Å²) < 4.78 is 45.4. The molecule has 1 aromatic heterocycles. The summed E-state index contributed by atoms with van der Waals surface area (Å²) in [4.78, 5) is 15.5. The molecule has 0 saturated heterocycles. The van der Waals surface area contributed by atoms with Gasteiger partial charge in [0.15, 0.2) is 0 Å². The summed E-state index contributed by atoms with van der Waals surface area (Å²) in [6.45, 7) is 1.72. The molecular formula is C27H28F3N3O3. The normalized spacial score (nSPS) is 17.7. The van der Waals surface area contributed by atoms with Gasteiger partial charge in [0.25, 0.3) is 0 Å². The average molecular weight is 500 g/mol. The first-order valence-electron chi connectivity index (χ1n) is 11.6. The number of carbonyl (C=O) groups is 1. The first-order valence-corrected chi connectivity index (χ1v) is 11.6. The van der Waals surface area contributed by atoms with Crippen molar-refractivity contribution in [3.63, 3.8) is 0 Å². The molecule has 2 aromatic carbocycles. The van der Waals surface area contributed by atoms with E-state index < -0.39 is 18.2 Å². The molecule has 2 atom stereocenters. The standard InChI is InChI=1S/C27H28F3N3O3/c1-17-15-33(16-32-17)23-8-7-18(13-25(23)36-2)11-19(9-10-31-26(35)27(28,29)30)12-22-21-6-4-3-5-20(21)14-24(22)34/h3-8,11,13,15-16,22,24,34H,9-10,12,14H2,1-2H3,(H,31,35)/b19-11-/t22-,24+/m1/s1. The van der Waals surface area contributed by atoms with Gasteiger partial charge in [0.2, 0.25) is 0 Å². The third kappa shape index (κ3) is 5.79. The molecule has 1 heterocycles. The molecule has 0 radical (unpaired) electrons. The number of amides is 1. The van der Waals surface area contributed by atoms with E-state index in [1.165, 1.54) is 0 Å². The van der Waals surface area contributed by atoms with E-state index in [-0.39, 0.29) is 18.9 Å². The number of hydrogen-bond acceptors (Lipinski definition) is 4. The molecule has 1 amide bonds. The van der Waals surface area contributed by atoms with Crippen LogP contribution in [0.25, 0.3) is 11.8 Å². The van der Waals surface area contributed by atoms with Gasteiger partial charge in [0, 0.05) is 18.7 Å². The quantitative estimate of drug-likeness (QED) is 0.470. The second-order valence-corrected chi connectivity index (χ2v) is 8.94. The van der Waals surface area contributed by atoms with Crippen molar-refractivity contribution in [3.05, 3.63) is 82.9 Å². The maximum absolute atomic E-state index is 12.6. The maximum atomic E-state index is 12.6. The summed E-state index contributed by atoms with van der Waals surface area (Å²) in [6.07, 6.45) is 1.13. The fraction of sp³-hybridized carbons (Fsp3) is 0.333. The Morgan fingerprint density at radius 1 is 1.28 bits per heavy atom. The van der Waals surface area contributed by atoms with Crippen LogP contribution in [0.3, 0.4) is 0 Å². The van der Waals surface area contributed by atoms with Gasteiger partial charge < -0.3 is 19.7 Å². The van der Waals surface area contributed by atoms with Gasteiger partial charge in [-0.05, 0) is 55.0 Å². The molecule has 3 aromatic rings. The van der Waals surface area contributed by atoms with Crippen molar-refractivity contribution < 1.29 is 27.8 Å². The lowest BCUT2D eigenvalue weighted by Gasteiger charge is -2.19. The number of aliphatic hydroxyl groups is 1. The highest BCUT2D eigenvalue weighted by Gasteiger charge is 2.38. The van der Waals surface area contributed by atoms with E-state index in [0.717, 1.165) is 33.6 Å². The molecule has 1 aliphatic rings. The van der Waals surface area contributed by atoms with Crippen LogP contribution < -0.4 is 10.1 Å². The number of ether oxygens (including phenoxy) is 1. The molecule has 0 unspecified atom stereocenters. The zero-order chi connectivity index (χ0) is 25.9. The molecule has 0 bridgehead atoms. The minimum Gasteiger partial charge on any atom is -0.495 e. The first kappa shape index (κ1) is 25.5. The molecule has 1 aliphatic carbocycles. The van der Waals surface area contributed by atoms with Gasteiger partial charge in [-0.3, -0.25) is 4.79 Å². The number of halogens is 3. The number of benzene rings is 2. The molecule has 0 aliphatic heterocycles. The fourth-order valence-corrected chi connectivity index (χ4v) is 4.64. The molecule has 2 N–H and O–H groups in total. The number of carbonyl (C=O) groups excluding carboxylic acids is 1. The zero-order valence-corrected chi connectivity index (χ0v) is 20.0. The number of hydrogen-bond donors (Lipinski definition) is 2. The number of aliphatic hydroxyl groups excluding tert-OH is 1. The Morgan fingerprint density at radius 2 is 2.06 bits per heavy atom. The second kappa shape index (κ2) is 10.6.